The Morgan fingerprint density at radius 1 is 1.24 bits per heavy atom. The molecule has 5 nitrogen and oxygen atoms in total. The largest absolute Gasteiger partial charge is 0.496 e. The summed E-state index contributed by atoms with van der Waals surface area (Å²) in [6.07, 6.45) is 3.42. The SMILES string of the molecule is COc1ccccc1-c1nc2cc(C)ccn2c1NC(=O)CC(C)CC(C)(C)C. The first kappa shape index (κ1) is 20.9. The van der Waals surface area contributed by atoms with Crippen LogP contribution in [0.5, 0.6) is 5.75 Å². The number of pyridine rings is 1. The monoisotopic (exact) mass is 393 g/mol. The molecule has 0 radical (unpaired) electrons. The maximum atomic E-state index is 12.9. The molecule has 0 spiro atoms. The van der Waals surface area contributed by atoms with Crippen LogP contribution >= 0.6 is 0 Å². The van der Waals surface area contributed by atoms with E-state index in [1.807, 2.05) is 53.9 Å². The number of amides is 1. The minimum Gasteiger partial charge on any atom is -0.496 e. The van der Waals surface area contributed by atoms with Gasteiger partial charge in [-0.2, -0.15) is 0 Å². The number of fused-ring (bicyclic) bond motifs is 1. The van der Waals surface area contributed by atoms with Crippen LogP contribution in [0.1, 0.15) is 46.1 Å². The number of rotatable bonds is 6. The number of imidazole rings is 1. The molecule has 0 aliphatic heterocycles. The molecule has 0 bridgehead atoms. The fourth-order valence-electron chi connectivity index (χ4n) is 3.91. The quantitative estimate of drug-likeness (QED) is 0.583. The number of para-hydroxylation sites is 1. The number of carbonyl (C=O) groups is 1. The fourth-order valence-corrected chi connectivity index (χ4v) is 3.91. The highest BCUT2D eigenvalue weighted by atomic mass is 16.5. The summed E-state index contributed by atoms with van der Waals surface area (Å²) in [7, 11) is 1.64. The van der Waals surface area contributed by atoms with Crippen LogP contribution < -0.4 is 10.1 Å². The van der Waals surface area contributed by atoms with E-state index >= 15 is 0 Å². The van der Waals surface area contributed by atoms with Gasteiger partial charge in [0.25, 0.3) is 0 Å². The van der Waals surface area contributed by atoms with Crippen LogP contribution in [0.2, 0.25) is 0 Å². The van der Waals surface area contributed by atoms with Gasteiger partial charge in [0.15, 0.2) is 0 Å². The van der Waals surface area contributed by atoms with Crippen LogP contribution in [0.25, 0.3) is 16.9 Å². The highest BCUT2D eigenvalue weighted by molar-refractivity contribution is 5.95. The van der Waals surface area contributed by atoms with E-state index < -0.39 is 0 Å². The van der Waals surface area contributed by atoms with Gasteiger partial charge in [-0.1, -0.05) is 39.8 Å². The lowest BCUT2D eigenvalue weighted by molar-refractivity contribution is -0.117. The number of nitrogens with one attached hydrogen (secondary N) is 1. The number of hydrogen-bond acceptors (Lipinski definition) is 3. The molecule has 2 aromatic heterocycles. The van der Waals surface area contributed by atoms with Crippen molar-refractivity contribution in [1.29, 1.82) is 0 Å². The summed E-state index contributed by atoms with van der Waals surface area (Å²) in [6, 6.07) is 11.8. The molecule has 2 heterocycles. The Balaban J connectivity index is 1.98. The van der Waals surface area contributed by atoms with Gasteiger partial charge in [0.2, 0.25) is 5.91 Å². The number of hydrogen-bond donors (Lipinski definition) is 1. The van der Waals surface area contributed by atoms with Crippen molar-refractivity contribution in [2.75, 3.05) is 12.4 Å². The highest BCUT2D eigenvalue weighted by Gasteiger charge is 2.22. The topological polar surface area (TPSA) is 55.6 Å². The molecule has 154 valence electrons. The van der Waals surface area contributed by atoms with Gasteiger partial charge >= 0.3 is 0 Å². The van der Waals surface area contributed by atoms with Crippen molar-refractivity contribution in [2.24, 2.45) is 11.3 Å². The lowest BCUT2D eigenvalue weighted by Crippen LogP contribution is -2.19. The van der Waals surface area contributed by atoms with Crippen LogP contribution in [-0.4, -0.2) is 22.4 Å². The van der Waals surface area contributed by atoms with E-state index in [-0.39, 0.29) is 11.3 Å². The van der Waals surface area contributed by atoms with Gasteiger partial charge in [-0.15, -0.1) is 0 Å². The minimum atomic E-state index is 0.000253. The number of methoxy groups -OCH3 is 1. The third kappa shape index (κ3) is 4.97. The number of anilines is 1. The first-order valence-corrected chi connectivity index (χ1v) is 10.1. The van der Waals surface area contributed by atoms with Crippen molar-refractivity contribution in [2.45, 2.75) is 47.5 Å². The summed E-state index contributed by atoms with van der Waals surface area (Å²) in [5.41, 5.74) is 3.68. The number of benzene rings is 1. The molecule has 1 unspecified atom stereocenters. The lowest BCUT2D eigenvalue weighted by Gasteiger charge is -2.22. The molecule has 3 aromatic rings. The van der Waals surface area contributed by atoms with Crippen molar-refractivity contribution < 1.29 is 9.53 Å². The molecule has 5 heteroatoms. The number of aryl methyl sites for hydroxylation is 1. The minimum absolute atomic E-state index is 0.000253. The zero-order valence-electron chi connectivity index (χ0n) is 18.2. The van der Waals surface area contributed by atoms with Gasteiger partial charge < -0.3 is 10.1 Å². The number of nitrogens with zero attached hydrogens (tertiary/aromatic N) is 2. The predicted molar refractivity (Wildman–Crippen MR) is 118 cm³/mol. The van der Waals surface area contributed by atoms with Gasteiger partial charge in [0.05, 0.1) is 7.11 Å². The first-order valence-electron chi connectivity index (χ1n) is 10.1. The molecule has 1 N–H and O–H groups in total. The number of ether oxygens (including phenoxy) is 1. The molecule has 0 saturated carbocycles. The maximum Gasteiger partial charge on any atom is 0.225 e. The Hall–Kier alpha value is -2.82. The first-order chi connectivity index (χ1) is 13.7. The summed E-state index contributed by atoms with van der Waals surface area (Å²) in [5, 5.41) is 3.13. The molecular formula is C24H31N3O2. The highest BCUT2D eigenvalue weighted by Crippen LogP contribution is 2.35. The molecular weight excluding hydrogens is 362 g/mol. The Kier molecular flexibility index (Phi) is 5.96. The van der Waals surface area contributed by atoms with E-state index in [4.69, 9.17) is 9.72 Å². The lowest BCUT2D eigenvalue weighted by atomic mass is 9.84. The van der Waals surface area contributed by atoms with E-state index in [9.17, 15) is 4.79 Å². The van der Waals surface area contributed by atoms with Gasteiger partial charge in [-0.3, -0.25) is 9.20 Å². The zero-order chi connectivity index (χ0) is 21.2. The Morgan fingerprint density at radius 3 is 2.66 bits per heavy atom. The standard InChI is InChI=1S/C24H31N3O2/c1-16-11-12-27-20(13-16)25-22(18-9-7-8-10-19(18)29-6)23(27)26-21(28)14-17(2)15-24(3,4)5/h7-13,17H,14-15H2,1-6H3,(H,26,28). The van der Waals surface area contributed by atoms with Gasteiger partial charge in [0, 0.05) is 18.2 Å². The van der Waals surface area contributed by atoms with Gasteiger partial charge in [-0.25, -0.2) is 4.98 Å². The van der Waals surface area contributed by atoms with E-state index in [2.05, 4.69) is 33.0 Å². The number of carbonyl (C=O) groups excluding carboxylic acids is 1. The van der Waals surface area contributed by atoms with E-state index in [0.29, 0.717) is 23.9 Å². The fraction of sp³-hybridized carbons (Fsp3) is 0.417. The van der Waals surface area contributed by atoms with Crippen LogP contribution in [0.15, 0.2) is 42.6 Å². The van der Waals surface area contributed by atoms with Gasteiger partial charge in [-0.05, 0) is 54.5 Å². The smallest absolute Gasteiger partial charge is 0.225 e. The molecule has 0 saturated heterocycles. The van der Waals surface area contributed by atoms with Crippen LogP contribution in [0, 0.1) is 18.3 Å². The second kappa shape index (κ2) is 8.27. The van der Waals surface area contributed by atoms with E-state index in [0.717, 1.165) is 28.9 Å². The van der Waals surface area contributed by atoms with Crippen molar-refractivity contribution in [3.63, 3.8) is 0 Å². The molecule has 1 aromatic carbocycles. The number of aromatic nitrogens is 2. The van der Waals surface area contributed by atoms with Crippen molar-refractivity contribution >= 4 is 17.4 Å². The van der Waals surface area contributed by atoms with Crippen LogP contribution in [0.4, 0.5) is 5.82 Å². The molecule has 0 fully saturated rings. The van der Waals surface area contributed by atoms with Gasteiger partial charge in [0.1, 0.15) is 22.9 Å². The Labute approximate surface area is 173 Å². The van der Waals surface area contributed by atoms with Crippen LogP contribution in [-0.2, 0) is 4.79 Å². The van der Waals surface area contributed by atoms with Crippen LogP contribution in [0.3, 0.4) is 0 Å². The molecule has 0 aliphatic rings. The average Bonchev–Trinajstić information content (AvgIpc) is 2.97. The maximum absolute atomic E-state index is 12.9. The molecule has 1 atom stereocenters. The molecule has 3 rings (SSSR count). The zero-order valence-corrected chi connectivity index (χ0v) is 18.2. The second-order valence-electron chi connectivity index (χ2n) is 9.06. The van der Waals surface area contributed by atoms with Crippen molar-refractivity contribution in [3.05, 3.63) is 48.2 Å². The van der Waals surface area contributed by atoms with E-state index in [1.165, 1.54) is 0 Å². The third-order valence-electron chi connectivity index (χ3n) is 4.90. The summed E-state index contributed by atoms with van der Waals surface area (Å²) in [6.45, 7) is 10.8. The summed E-state index contributed by atoms with van der Waals surface area (Å²) < 4.78 is 7.47. The molecule has 0 aliphatic carbocycles. The second-order valence-corrected chi connectivity index (χ2v) is 9.06. The summed E-state index contributed by atoms with van der Waals surface area (Å²) >= 11 is 0. The Bertz CT molecular complexity index is 1010. The molecule has 29 heavy (non-hydrogen) atoms. The third-order valence-corrected chi connectivity index (χ3v) is 4.90. The normalized spacial score (nSPS) is 12.8. The average molecular weight is 394 g/mol. The molecule has 1 amide bonds. The summed E-state index contributed by atoms with van der Waals surface area (Å²) in [5.74, 6) is 1.70. The summed E-state index contributed by atoms with van der Waals surface area (Å²) in [4.78, 5) is 17.7. The van der Waals surface area contributed by atoms with Crippen molar-refractivity contribution in [3.8, 4) is 17.0 Å². The van der Waals surface area contributed by atoms with E-state index in [1.54, 1.807) is 7.11 Å². The predicted octanol–water partition coefficient (Wildman–Crippen LogP) is 5.72. The van der Waals surface area contributed by atoms with Crippen molar-refractivity contribution in [1.82, 2.24) is 9.38 Å². The Morgan fingerprint density at radius 2 is 1.97 bits per heavy atom.